The molecule has 1 aromatic heterocycles. The van der Waals surface area contributed by atoms with Crippen LogP contribution in [0.15, 0.2) is 48.8 Å². The topological polar surface area (TPSA) is 58.1 Å². The second-order valence-corrected chi connectivity index (χ2v) is 4.76. The van der Waals surface area contributed by atoms with Crippen molar-refractivity contribution < 1.29 is 4.79 Å². The lowest BCUT2D eigenvalue weighted by atomic mass is 10.2. The standard InChI is InChI=1S/C15H16N4O/c20-14(18-12-6-2-1-3-7-12)13-8-4-11-19(13)15-16-9-5-10-17-15/h1-3,5-7,9-10,13H,4,8,11H2,(H,18,20)/t13-/m0/s1. The van der Waals surface area contributed by atoms with Crippen LogP contribution in [0.25, 0.3) is 0 Å². The number of nitrogens with one attached hydrogen (secondary N) is 1. The Bertz CT molecular complexity index is 573. The normalized spacial score (nSPS) is 18.0. The Hall–Kier alpha value is -2.43. The minimum atomic E-state index is -0.197. The predicted octanol–water partition coefficient (Wildman–Crippen LogP) is 2.08. The zero-order valence-corrected chi connectivity index (χ0v) is 11.1. The molecule has 1 aliphatic rings. The smallest absolute Gasteiger partial charge is 0.247 e. The van der Waals surface area contributed by atoms with Crippen LogP contribution < -0.4 is 10.2 Å². The van der Waals surface area contributed by atoms with Gasteiger partial charge in [-0.15, -0.1) is 0 Å². The zero-order chi connectivity index (χ0) is 13.8. The maximum atomic E-state index is 12.4. The van der Waals surface area contributed by atoms with Gasteiger partial charge in [-0.25, -0.2) is 9.97 Å². The van der Waals surface area contributed by atoms with Gasteiger partial charge < -0.3 is 10.2 Å². The monoisotopic (exact) mass is 268 g/mol. The quantitative estimate of drug-likeness (QED) is 0.926. The Morgan fingerprint density at radius 2 is 1.90 bits per heavy atom. The van der Waals surface area contributed by atoms with Crippen LogP contribution in [0.5, 0.6) is 0 Å². The number of rotatable bonds is 3. The third-order valence-corrected chi connectivity index (χ3v) is 3.41. The molecule has 1 aliphatic heterocycles. The van der Waals surface area contributed by atoms with E-state index < -0.39 is 0 Å². The van der Waals surface area contributed by atoms with Crippen molar-refractivity contribution in [3.63, 3.8) is 0 Å². The largest absolute Gasteiger partial charge is 0.329 e. The van der Waals surface area contributed by atoms with Gasteiger partial charge in [0, 0.05) is 24.6 Å². The molecule has 0 bridgehead atoms. The van der Waals surface area contributed by atoms with Gasteiger partial charge in [-0.1, -0.05) is 18.2 Å². The highest BCUT2D eigenvalue weighted by Crippen LogP contribution is 2.23. The van der Waals surface area contributed by atoms with Crippen molar-refractivity contribution in [3.8, 4) is 0 Å². The fourth-order valence-electron chi connectivity index (χ4n) is 2.47. The first-order chi connectivity index (χ1) is 9.84. The molecule has 0 unspecified atom stereocenters. The molecule has 20 heavy (non-hydrogen) atoms. The van der Waals surface area contributed by atoms with Crippen LogP contribution in [0.2, 0.25) is 0 Å². The Kier molecular flexibility index (Phi) is 3.58. The van der Waals surface area contributed by atoms with Crippen molar-refractivity contribution in [3.05, 3.63) is 48.8 Å². The summed E-state index contributed by atoms with van der Waals surface area (Å²) < 4.78 is 0. The van der Waals surface area contributed by atoms with Crippen LogP contribution in [0.3, 0.4) is 0 Å². The first-order valence-corrected chi connectivity index (χ1v) is 6.74. The van der Waals surface area contributed by atoms with E-state index in [9.17, 15) is 4.79 Å². The van der Waals surface area contributed by atoms with Crippen molar-refractivity contribution in [2.24, 2.45) is 0 Å². The third kappa shape index (κ3) is 2.61. The molecule has 102 valence electrons. The summed E-state index contributed by atoms with van der Waals surface area (Å²) in [5.74, 6) is 0.624. The summed E-state index contributed by atoms with van der Waals surface area (Å²) in [5, 5.41) is 2.95. The number of nitrogens with zero attached hydrogens (tertiary/aromatic N) is 3. The van der Waals surface area contributed by atoms with E-state index in [4.69, 9.17) is 0 Å². The molecule has 1 amide bonds. The van der Waals surface area contributed by atoms with E-state index in [2.05, 4.69) is 15.3 Å². The predicted molar refractivity (Wildman–Crippen MR) is 77.5 cm³/mol. The summed E-state index contributed by atoms with van der Waals surface area (Å²) in [6.45, 7) is 0.816. The van der Waals surface area contributed by atoms with Gasteiger partial charge in [-0.2, -0.15) is 0 Å². The molecule has 1 fully saturated rings. The van der Waals surface area contributed by atoms with Crippen LogP contribution in [0.4, 0.5) is 11.6 Å². The Balaban J connectivity index is 1.74. The molecule has 0 spiro atoms. The zero-order valence-electron chi connectivity index (χ0n) is 11.1. The summed E-state index contributed by atoms with van der Waals surface area (Å²) in [5.41, 5.74) is 0.818. The van der Waals surface area contributed by atoms with Crippen molar-refractivity contribution in [2.45, 2.75) is 18.9 Å². The van der Waals surface area contributed by atoms with Crippen molar-refractivity contribution in [1.82, 2.24) is 9.97 Å². The number of anilines is 2. The number of carbonyl (C=O) groups is 1. The minimum absolute atomic E-state index is 0.00107. The van der Waals surface area contributed by atoms with E-state index in [1.54, 1.807) is 18.5 Å². The maximum absolute atomic E-state index is 12.4. The number of hydrogen-bond acceptors (Lipinski definition) is 4. The molecule has 1 saturated heterocycles. The highest BCUT2D eigenvalue weighted by atomic mass is 16.2. The van der Waals surface area contributed by atoms with Crippen LogP contribution in [0.1, 0.15) is 12.8 Å². The Morgan fingerprint density at radius 3 is 2.65 bits per heavy atom. The molecule has 1 atom stereocenters. The number of hydrogen-bond donors (Lipinski definition) is 1. The average Bonchev–Trinajstić information content (AvgIpc) is 2.99. The molecule has 0 aliphatic carbocycles. The average molecular weight is 268 g/mol. The SMILES string of the molecule is O=C(Nc1ccccc1)[C@@H]1CCCN1c1ncccn1. The second-order valence-electron chi connectivity index (χ2n) is 4.76. The van der Waals surface area contributed by atoms with Crippen LogP contribution >= 0.6 is 0 Å². The molecular weight excluding hydrogens is 252 g/mol. The maximum Gasteiger partial charge on any atom is 0.247 e. The third-order valence-electron chi connectivity index (χ3n) is 3.41. The summed E-state index contributed by atoms with van der Waals surface area (Å²) >= 11 is 0. The lowest BCUT2D eigenvalue weighted by Crippen LogP contribution is -2.40. The molecule has 3 rings (SSSR count). The van der Waals surface area contributed by atoms with Gasteiger partial charge in [0.1, 0.15) is 6.04 Å². The number of para-hydroxylation sites is 1. The highest BCUT2D eigenvalue weighted by Gasteiger charge is 2.32. The van der Waals surface area contributed by atoms with Crippen molar-refractivity contribution in [1.29, 1.82) is 0 Å². The van der Waals surface area contributed by atoms with Crippen LogP contribution in [-0.4, -0.2) is 28.5 Å². The molecule has 5 nitrogen and oxygen atoms in total. The van der Waals surface area contributed by atoms with Gasteiger partial charge in [0.05, 0.1) is 0 Å². The first kappa shape index (κ1) is 12.6. The van der Waals surface area contributed by atoms with E-state index in [1.165, 1.54) is 0 Å². The van der Waals surface area contributed by atoms with Gasteiger partial charge in [-0.05, 0) is 31.0 Å². The lowest BCUT2D eigenvalue weighted by Gasteiger charge is -2.23. The van der Waals surface area contributed by atoms with Crippen molar-refractivity contribution >= 4 is 17.5 Å². The van der Waals surface area contributed by atoms with E-state index in [0.29, 0.717) is 5.95 Å². The highest BCUT2D eigenvalue weighted by molar-refractivity contribution is 5.96. The number of aromatic nitrogens is 2. The Labute approximate surface area is 117 Å². The van der Waals surface area contributed by atoms with Gasteiger partial charge >= 0.3 is 0 Å². The fraction of sp³-hybridized carbons (Fsp3) is 0.267. The van der Waals surface area contributed by atoms with Crippen LogP contribution in [-0.2, 0) is 4.79 Å². The molecule has 1 aromatic carbocycles. The summed E-state index contributed by atoms with van der Waals surface area (Å²) in [6, 6.07) is 11.1. The van der Waals surface area contributed by atoms with E-state index >= 15 is 0 Å². The van der Waals surface area contributed by atoms with Gasteiger partial charge in [0.2, 0.25) is 11.9 Å². The molecule has 2 heterocycles. The molecule has 5 heteroatoms. The fourth-order valence-corrected chi connectivity index (χ4v) is 2.47. The van der Waals surface area contributed by atoms with E-state index in [1.807, 2.05) is 35.2 Å². The summed E-state index contributed by atoms with van der Waals surface area (Å²) in [4.78, 5) is 22.8. The van der Waals surface area contributed by atoms with Gasteiger partial charge in [0.15, 0.2) is 0 Å². The number of carbonyl (C=O) groups excluding carboxylic acids is 1. The lowest BCUT2D eigenvalue weighted by molar-refractivity contribution is -0.117. The Morgan fingerprint density at radius 1 is 1.15 bits per heavy atom. The summed E-state index contributed by atoms with van der Waals surface area (Å²) in [6.07, 6.45) is 5.21. The molecule has 2 aromatic rings. The van der Waals surface area contributed by atoms with Crippen molar-refractivity contribution in [2.75, 3.05) is 16.8 Å². The van der Waals surface area contributed by atoms with E-state index in [0.717, 1.165) is 25.1 Å². The van der Waals surface area contributed by atoms with E-state index in [-0.39, 0.29) is 11.9 Å². The molecular formula is C15H16N4O. The minimum Gasteiger partial charge on any atom is -0.329 e. The van der Waals surface area contributed by atoms with Gasteiger partial charge in [0.25, 0.3) is 0 Å². The number of benzene rings is 1. The molecule has 0 saturated carbocycles. The number of amides is 1. The van der Waals surface area contributed by atoms with Crippen LogP contribution in [0, 0.1) is 0 Å². The van der Waals surface area contributed by atoms with Gasteiger partial charge in [-0.3, -0.25) is 4.79 Å². The second kappa shape index (κ2) is 5.69. The first-order valence-electron chi connectivity index (χ1n) is 6.74. The molecule has 1 N–H and O–H groups in total. The summed E-state index contributed by atoms with van der Waals surface area (Å²) in [7, 11) is 0. The molecule has 0 radical (unpaired) electrons.